The summed E-state index contributed by atoms with van der Waals surface area (Å²) in [5, 5.41) is 10.4. The van der Waals surface area contributed by atoms with E-state index in [2.05, 4.69) is 20.4 Å². The van der Waals surface area contributed by atoms with Gasteiger partial charge in [-0.3, -0.25) is 4.79 Å². The minimum Gasteiger partial charge on any atom is -0.392 e. The van der Waals surface area contributed by atoms with Gasteiger partial charge in [0.15, 0.2) is 5.79 Å². The highest BCUT2D eigenvalue weighted by molar-refractivity contribution is 5.79. The number of ether oxygens (including phenoxy) is 8. The van der Waals surface area contributed by atoms with Crippen LogP contribution in [0.1, 0.15) is 104 Å². The molecule has 7 unspecified atom stereocenters. The smallest absolute Gasteiger partial charge is 0.172 e. The Morgan fingerprint density at radius 3 is 2.38 bits per heavy atom. The van der Waals surface area contributed by atoms with E-state index in [1.807, 2.05) is 0 Å². The topological polar surface area (TPSA) is 137 Å². The number of carbonyl (C=O) groups is 1. The Bertz CT molecular complexity index is 1280. The van der Waals surface area contributed by atoms with Crippen molar-refractivity contribution in [2.24, 2.45) is 23.5 Å². The summed E-state index contributed by atoms with van der Waals surface area (Å²) in [5.74, 6) is 0.296. The highest BCUT2D eigenvalue weighted by atomic mass is 16.8. The molecular formula is C39H59NO10. The third-order valence-corrected chi connectivity index (χ3v) is 14.0. The van der Waals surface area contributed by atoms with Crippen molar-refractivity contribution in [3.05, 3.63) is 12.2 Å². The monoisotopic (exact) mass is 701 g/mol. The number of fused-ring (bicyclic) bond motifs is 6. The molecular weight excluding hydrogens is 642 g/mol. The lowest BCUT2D eigenvalue weighted by Gasteiger charge is -2.47. The van der Waals surface area contributed by atoms with Gasteiger partial charge in [0.1, 0.15) is 36.3 Å². The average molecular weight is 702 g/mol. The van der Waals surface area contributed by atoms with E-state index in [1.54, 1.807) is 0 Å². The van der Waals surface area contributed by atoms with Gasteiger partial charge in [0.05, 0.1) is 61.0 Å². The molecule has 3 N–H and O–H groups in total. The van der Waals surface area contributed by atoms with Gasteiger partial charge in [-0.2, -0.15) is 0 Å². The van der Waals surface area contributed by atoms with Crippen LogP contribution in [-0.2, 0) is 42.7 Å². The molecule has 19 atom stereocenters. The summed E-state index contributed by atoms with van der Waals surface area (Å²) < 4.78 is 54.0. The molecule has 50 heavy (non-hydrogen) atoms. The van der Waals surface area contributed by atoms with E-state index in [0.29, 0.717) is 50.4 Å². The molecule has 0 amide bonds. The summed E-state index contributed by atoms with van der Waals surface area (Å²) in [6.45, 7) is 9.25. The van der Waals surface area contributed by atoms with Crippen LogP contribution in [0, 0.1) is 17.8 Å². The van der Waals surface area contributed by atoms with Crippen LogP contribution in [0.5, 0.6) is 0 Å². The summed E-state index contributed by atoms with van der Waals surface area (Å²) in [4.78, 5) is 13.9. The van der Waals surface area contributed by atoms with Crippen molar-refractivity contribution in [1.29, 1.82) is 0 Å². The fourth-order valence-corrected chi connectivity index (χ4v) is 11.3. The molecule has 0 aromatic carbocycles. The first kappa shape index (κ1) is 34.8. The molecule has 280 valence electrons. The van der Waals surface area contributed by atoms with Gasteiger partial charge in [0, 0.05) is 45.1 Å². The summed E-state index contributed by atoms with van der Waals surface area (Å²) in [6.07, 6.45) is 8.42. The van der Waals surface area contributed by atoms with Crippen LogP contribution in [0.15, 0.2) is 12.2 Å². The van der Waals surface area contributed by atoms with E-state index in [-0.39, 0.29) is 104 Å². The number of aliphatic hydroxyl groups is 1. The van der Waals surface area contributed by atoms with Crippen LogP contribution in [-0.4, -0.2) is 115 Å². The molecule has 10 aliphatic rings. The van der Waals surface area contributed by atoms with Crippen molar-refractivity contribution in [3.63, 3.8) is 0 Å². The molecule has 1 spiro atoms. The van der Waals surface area contributed by atoms with Gasteiger partial charge >= 0.3 is 0 Å². The van der Waals surface area contributed by atoms with Gasteiger partial charge in [-0.25, -0.2) is 0 Å². The molecule has 0 aromatic heterocycles. The molecule has 0 saturated carbocycles. The standard InChI is InChI=1S/C39H59NO10/c1-19-10-25-4-6-29-20(2)11-27(43-29)8-9-39-17-33-35(49-39)36-37(48-33)38(50-39)34-30(47-36)7-5-26(46-34)14-23(41)12-22-13-28(15-24(42)18-40)45-32(22)16-31(44-25)21(19)3/h19-20,22,24-38,42H,3-18,40H2,1-2H3/t19-,20?,22-,24?,25+,26?,27+,28?,29+,30+,31-,32?,33-,34+,35?,36+,37?,38+,39+/m1/s1. The third kappa shape index (κ3) is 6.47. The molecule has 10 fully saturated rings. The number of Topliss-reactive ketones (excluding diaryl/α,β-unsaturated/α-hetero) is 1. The summed E-state index contributed by atoms with van der Waals surface area (Å²) >= 11 is 0. The number of hydrogen-bond donors (Lipinski definition) is 2. The van der Waals surface area contributed by atoms with Crippen molar-refractivity contribution < 1.29 is 47.8 Å². The van der Waals surface area contributed by atoms with Crippen molar-refractivity contribution in [1.82, 2.24) is 0 Å². The number of aliphatic hydroxyl groups excluding tert-OH is 1. The molecule has 10 rings (SSSR count). The van der Waals surface area contributed by atoms with Gasteiger partial charge in [-0.1, -0.05) is 20.4 Å². The Labute approximate surface area is 296 Å². The van der Waals surface area contributed by atoms with Crippen LogP contribution in [0.2, 0.25) is 0 Å². The second-order valence-electron chi connectivity index (χ2n) is 17.5. The quantitative estimate of drug-likeness (QED) is 0.415. The van der Waals surface area contributed by atoms with E-state index in [9.17, 15) is 9.90 Å². The second-order valence-corrected chi connectivity index (χ2v) is 17.5. The third-order valence-electron chi connectivity index (χ3n) is 14.0. The molecule has 0 radical (unpaired) electrons. The first-order valence-corrected chi connectivity index (χ1v) is 20.0. The lowest BCUT2D eigenvalue weighted by Crippen LogP contribution is -2.61. The van der Waals surface area contributed by atoms with Crippen LogP contribution >= 0.6 is 0 Å². The maximum atomic E-state index is 13.9. The van der Waals surface area contributed by atoms with E-state index in [0.717, 1.165) is 56.9 Å². The molecule has 12 bridgehead atoms. The zero-order valence-corrected chi connectivity index (χ0v) is 29.9. The Balaban J connectivity index is 0.972. The number of ketones is 1. The van der Waals surface area contributed by atoms with Crippen molar-refractivity contribution in [2.45, 2.75) is 201 Å². The molecule has 11 heteroatoms. The molecule has 0 aliphatic carbocycles. The Morgan fingerprint density at radius 2 is 1.52 bits per heavy atom. The normalized spacial score (nSPS) is 54.0. The van der Waals surface area contributed by atoms with E-state index >= 15 is 0 Å². The Hall–Kier alpha value is -0.990. The number of rotatable bonds is 3. The second kappa shape index (κ2) is 13.7. The fraction of sp³-hybridized carbons (Fsp3) is 0.923. The van der Waals surface area contributed by atoms with Crippen molar-refractivity contribution in [3.8, 4) is 0 Å². The Morgan fingerprint density at radius 1 is 0.760 bits per heavy atom. The van der Waals surface area contributed by atoms with Crippen LogP contribution in [0.3, 0.4) is 0 Å². The lowest BCUT2D eigenvalue weighted by molar-refractivity contribution is -0.292. The first-order chi connectivity index (χ1) is 24.1. The highest BCUT2D eigenvalue weighted by Gasteiger charge is 2.68. The fourth-order valence-electron chi connectivity index (χ4n) is 11.3. The molecule has 0 aromatic rings. The van der Waals surface area contributed by atoms with Crippen molar-refractivity contribution >= 4 is 5.78 Å². The summed E-state index contributed by atoms with van der Waals surface area (Å²) in [5.41, 5.74) is 6.89. The van der Waals surface area contributed by atoms with E-state index in [1.165, 1.54) is 0 Å². The summed E-state index contributed by atoms with van der Waals surface area (Å²) in [6, 6.07) is 0. The van der Waals surface area contributed by atoms with Crippen LogP contribution in [0.25, 0.3) is 0 Å². The van der Waals surface area contributed by atoms with Gasteiger partial charge in [0.25, 0.3) is 0 Å². The van der Waals surface area contributed by atoms with Crippen LogP contribution < -0.4 is 5.73 Å². The van der Waals surface area contributed by atoms with Gasteiger partial charge in [0.2, 0.25) is 0 Å². The lowest BCUT2D eigenvalue weighted by atomic mass is 9.82. The Kier molecular flexibility index (Phi) is 9.52. The zero-order valence-electron chi connectivity index (χ0n) is 29.9. The number of hydrogen-bond acceptors (Lipinski definition) is 11. The maximum Gasteiger partial charge on any atom is 0.172 e. The number of nitrogens with two attached hydrogens (primary N) is 1. The number of carbonyl (C=O) groups excluding carboxylic acids is 1. The average Bonchev–Trinajstić information content (AvgIpc) is 3.78. The predicted molar refractivity (Wildman–Crippen MR) is 180 cm³/mol. The van der Waals surface area contributed by atoms with Crippen molar-refractivity contribution in [2.75, 3.05) is 6.54 Å². The molecule has 10 aliphatic heterocycles. The molecule has 11 nitrogen and oxygen atoms in total. The molecule has 10 saturated heterocycles. The van der Waals surface area contributed by atoms with Gasteiger partial charge < -0.3 is 48.7 Å². The SMILES string of the molecule is C=C1[C@H](C)C[C@@H]2CC[C@@H]3O[C@@H](CC[C@@]45C[C@H]6OC7[C@@H](O[C@H]8CCC(CC(=O)C[C@@H]9CC(CC(O)CN)OC9C[C@H]1O2)O[C@@H]8[C@@H]7O4)C6O5)CC3C. The van der Waals surface area contributed by atoms with E-state index in [4.69, 9.17) is 43.6 Å². The predicted octanol–water partition coefficient (Wildman–Crippen LogP) is 3.89. The van der Waals surface area contributed by atoms with E-state index < -0.39 is 11.9 Å². The largest absolute Gasteiger partial charge is 0.392 e. The minimum atomic E-state index is -0.732. The molecule has 10 heterocycles. The maximum absolute atomic E-state index is 13.9. The first-order valence-electron chi connectivity index (χ1n) is 20.0. The highest BCUT2D eigenvalue weighted by Crippen LogP contribution is 2.54. The minimum absolute atomic E-state index is 0.0278. The zero-order chi connectivity index (χ0) is 34.3. The van der Waals surface area contributed by atoms with Crippen LogP contribution in [0.4, 0.5) is 0 Å². The summed E-state index contributed by atoms with van der Waals surface area (Å²) in [7, 11) is 0. The van der Waals surface area contributed by atoms with Gasteiger partial charge in [-0.05, 0) is 74.7 Å². The van der Waals surface area contributed by atoms with Gasteiger partial charge in [-0.15, -0.1) is 0 Å².